The molecule has 2 N–H and O–H groups in total. The van der Waals surface area contributed by atoms with Gasteiger partial charge >= 0.3 is 11.2 Å². The van der Waals surface area contributed by atoms with E-state index < -0.39 is 0 Å². The van der Waals surface area contributed by atoms with Crippen LogP contribution in [0, 0.1) is 0 Å². The largest absolute Gasteiger partial charge is 0.338 e. The number of nitrogens with one attached hydrogen (secondary N) is 2. The fraction of sp³-hybridized carbons (Fsp3) is 0.133. The van der Waals surface area contributed by atoms with Gasteiger partial charge in [0.25, 0.3) is 5.91 Å². The Hall–Kier alpha value is -2.98. The first kappa shape index (κ1) is 16.5. The lowest BCUT2D eigenvalue weighted by molar-refractivity contribution is -0.580. The van der Waals surface area contributed by atoms with Crippen LogP contribution in [0.3, 0.4) is 0 Å². The van der Waals surface area contributed by atoms with E-state index >= 15 is 0 Å². The zero-order valence-electron chi connectivity index (χ0n) is 13.5. The molecule has 0 saturated carbocycles. The summed E-state index contributed by atoms with van der Waals surface area (Å²) in [6, 6.07) is 3.11. The Morgan fingerprint density at radius 1 is 1.46 bits per heavy atom. The fourth-order valence-corrected chi connectivity index (χ4v) is 3.78. The van der Waals surface area contributed by atoms with Crippen LogP contribution in [0.15, 0.2) is 41.0 Å². The molecule has 0 aliphatic rings. The summed E-state index contributed by atoms with van der Waals surface area (Å²) in [5.74, 6) is 0.0756. The highest BCUT2D eigenvalue weighted by molar-refractivity contribution is 7.15. The highest BCUT2D eigenvalue weighted by Crippen LogP contribution is 2.38. The minimum Gasteiger partial charge on any atom is -0.314 e. The molecule has 0 atom stereocenters. The monoisotopic (exact) mass is 390 g/mol. The maximum Gasteiger partial charge on any atom is 0.338 e. The number of nitrogens with zero attached hydrogens (tertiary/aromatic N) is 5. The van der Waals surface area contributed by atoms with Gasteiger partial charge in [-0.25, -0.2) is 14.9 Å². The number of H-pyrrole nitrogens is 1. The van der Waals surface area contributed by atoms with Crippen LogP contribution in [0.1, 0.15) is 0 Å². The van der Waals surface area contributed by atoms with Crippen LogP contribution >= 0.6 is 22.9 Å². The number of aryl methyl sites for hydroxylation is 1. The average Bonchev–Trinajstić information content (AvgIpc) is 3.31. The van der Waals surface area contributed by atoms with E-state index in [1.807, 2.05) is 0 Å². The first-order valence-corrected chi connectivity index (χ1v) is 8.80. The van der Waals surface area contributed by atoms with Crippen molar-refractivity contribution in [2.24, 2.45) is 7.05 Å². The molecule has 0 spiro atoms. The summed E-state index contributed by atoms with van der Waals surface area (Å²) in [6.07, 6.45) is 4.85. The van der Waals surface area contributed by atoms with Crippen LogP contribution < -0.4 is 15.4 Å². The molecule has 0 radical (unpaired) electrons. The topological polar surface area (TPSA) is 102 Å². The minimum absolute atomic E-state index is 0.133. The first-order valence-electron chi connectivity index (χ1n) is 7.54. The third kappa shape index (κ3) is 2.89. The molecule has 0 aliphatic heterocycles. The van der Waals surface area contributed by atoms with E-state index in [0.717, 1.165) is 0 Å². The molecule has 0 aromatic carbocycles. The second-order valence-electron chi connectivity index (χ2n) is 5.51. The van der Waals surface area contributed by atoms with Gasteiger partial charge < -0.3 is 5.32 Å². The number of fused-ring (bicyclic) bond motifs is 1. The summed E-state index contributed by atoms with van der Waals surface area (Å²) in [7, 11) is 1.75. The van der Waals surface area contributed by atoms with E-state index in [2.05, 4.69) is 20.5 Å². The van der Waals surface area contributed by atoms with E-state index in [0.29, 0.717) is 27.1 Å². The van der Waals surface area contributed by atoms with Crippen molar-refractivity contribution in [2.45, 2.75) is 6.54 Å². The highest BCUT2D eigenvalue weighted by Gasteiger charge is 2.21. The van der Waals surface area contributed by atoms with Gasteiger partial charge in [-0.2, -0.15) is 9.67 Å². The Kier molecular flexibility index (Phi) is 4.05. The number of anilines is 1. The van der Waals surface area contributed by atoms with E-state index in [-0.39, 0.29) is 18.0 Å². The van der Waals surface area contributed by atoms with E-state index in [4.69, 9.17) is 11.6 Å². The number of carbonyl (C=O) groups excluding carboxylic acids is 1. The van der Waals surface area contributed by atoms with E-state index in [1.165, 1.54) is 22.0 Å². The van der Waals surface area contributed by atoms with Crippen molar-refractivity contribution >= 4 is 39.5 Å². The molecule has 4 aromatic heterocycles. The van der Waals surface area contributed by atoms with Crippen molar-refractivity contribution in [3.63, 3.8) is 0 Å². The molecular weight excluding hydrogens is 378 g/mol. The van der Waals surface area contributed by atoms with Gasteiger partial charge in [0, 0.05) is 24.7 Å². The van der Waals surface area contributed by atoms with Crippen molar-refractivity contribution in [1.29, 1.82) is 0 Å². The van der Waals surface area contributed by atoms with Gasteiger partial charge in [0.05, 0.1) is 16.7 Å². The molecule has 1 amide bonds. The van der Waals surface area contributed by atoms with Gasteiger partial charge in [0.2, 0.25) is 0 Å². The van der Waals surface area contributed by atoms with Gasteiger partial charge in [-0.1, -0.05) is 11.6 Å². The van der Waals surface area contributed by atoms with E-state index in [1.54, 1.807) is 46.4 Å². The molecule has 26 heavy (non-hydrogen) atoms. The number of aromatic nitrogens is 6. The van der Waals surface area contributed by atoms with Gasteiger partial charge in [0.1, 0.15) is 17.5 Å². The summed E-state index contributed by atoms with van der Waals surface area (Å²) in [5, 5.41) is 12.7. The summed E-state index contributed by atoms with van der Waals surface area (Å²) < 4.78 is 4.58. The van der Waals surface area contributed by atoms with Crippen LogP contribution in [0.5, 0.6) is 0 Å². The molecule has 11 heteroatoms. The number of aromatic amines is 1. The van der Waals surface area contributed by atoms with Crippen molar-refractivity contribution in [1.82, 2.24) is 24.4 Å². The Morgan fingerprint density at radius 3 is 3.08 bits per heavy atom. The Labute approximate surface area is 155 Å². The maximum absolute atomic E-state index is 12.5. The van der Waals surface area contributed by atoms with Crippen molar-refractivity contribution in [3.05, 3.63) is 51.6 Å². The molecule has 9 nitrogen and oxygen atoms in total. The van der Waals surface area contributed by atoms with Crippen molar-refractivity contribution in [2.75, 3.05) is 5.32 Å². The number of halogens is 1. The van der Waals surface area contributed by atoms with Crippen LogP contribution in [-0.2, 0) is 18.4 Å². The second kappa shape index (κ2) is 6.39. The summed E-state index contributed by atoms with van der Waals surface area (Å²) in [6.45, 7) is -0.133. The summed E-state index contributed by atoms with van der Waals surface area (Å²) in [5.41, 5.74) is 0.881. The predicted molar refractivity (Wildman–Crippen MR) is 96.2 cm³/mol. The molecule has 132 valence electrons. The van der Waals surface area contributed by atoms with Crippen LogP contribution in [0.2, 0.25) is 5.02 Å². The lowest BCUT2D eigenvalue weighted by atomic mass is 10.3. The summed E-state index contributed by atoms with van der Waals surface area (Å²) in [4.78, 5) is 28.8. The van der Waals surface area contributed by atoms with Gasteiger partial charge in [-0.05, 0) is 0 Å². The fourth-order valence-electron chi connectivity index (χ4n) is 2.58. The molecule has 0 saturated heterocycles. The number of carbonyl (C=O) groups is 1. The number of thiophene rings is 1. The number of amides is 1. The number of hydrogen-bond donors (Lipinski definition) is 2. The van der Waals surface area contributed by atoms with Gasteiger partial charge in [0.15, 0.2) is 12.4 Å². The molecule has 4 rings (SSSR count). The standard InChI is InChI=1S/C15H12ClN7O2S/c1-21-8-17-14(20-21)13-9(16)7-26-15(13)19-10(24)6-22-11-2-4-18-23(11)5-3-12(22)25/h2-5,7-8H,6H2,1H3,(H,19,20,24)/p+1. The SMILES string of the molecule is Cn1cnc(-c2c(Cl)csc2NC(=O)Cn2c(=O)cc[n+]3[nH]ccc23)n1. The third-order valence-electron chi connectivity index (χ3n) is 3.73. The summed E-state index contributed by atoms with van der Waals surface area (Å²) >= 11 is 7.50. The average molecular weight is 391 g/mol. The van der Waals surface area contributed by atoms with Crippen LogP contribution in [0.25, 0.3) is 17.0 Å². The van der Waals surface area contributed by atoms with Crippen LogP contribution in [0.4, 0.5) is 5.00 Å². The van der Waals surface area contributed by atoms with Crippen molar-refractivity contribution < 1.29 is 9.31 Å². The van der Waals surface area contributed by atoms with Gasteiger partial charge in [-0.15, -0.1) is 15.9 Å². The lowest BCUT2D eigenvalue weighted by Crippen LogP contribution is -2.35. The molecule has 0 unspecified atom stereocenters. The molecule has 0 bridgehead atoms. The van der Waals surface area contributed by atoms with Gasteiger partial charge in [-0.3, -0.25) is 9.48 Å². The second-order valence-corrected chi connectivity index (χ2v) is 6.80. The minimum atomic E-state index is -0.350. The lowest BCUT2D eigenvalue weighted by Gasteiger charge is -2.04. The molecular formula is C15H13ClN7O2S+. The first-order chi connectivity index (χ1) is 12.5. The zero-order valence-corrected chi connectivity index (χ0v) is 15.1. The normalized spacial score (nSPS) is 11.2. The zero-order chi connectivity index (χ0) is 18.3. The number of hydrogen-bond acceptors (Lipinski definition) is 5. The molecule has 0 fully saturated rings. The quantitative estimate of drug-likeness (QED) is 0.509. The van der Waals surface area contributed by atoms with Crippen molar-refractivity contribution in [3.8, 4) is 11.4 Å². The van der Waals surface area contributed by atoms with Crippen LogP contribution in [-0.4, -0.2) is 30.3 Å². The molecule has 0 aliphatic carbocycles. The predicted octanol–water partition coefficient (Wildman–Crippen LogP) is 1.06. The third-order valence-corrected chi connectivity index (χ3v) is 5.05. The number of rotatable bonds is 4. The molecule has 4 aromatic rings. The van der Waals surface area contributed by atoms with E-state index in [9.17, 15) is 9.59 Å². The molecule has 4 heterocycles. The Morgan fingerprint density at radius 2 is 2.31 bits per heavy atom. The highest BCUT2D eigenvalue weighted by atomic mass is 35.5. The smallest absolute Gasteiger partial charge is 0.314 e. The maximum atomic E-state index is 12.5. The Bertz CT molecular complexity index is 1170. The Balaban J connectivity index is 1.62.